The molecule has 0 aliphatic heterocycles. The Kier molecular flexibility index (Phi) is 8.02. The lowest BCUT2D eigenvalue weighted by molar-refractivity contribution is -0.118. The van der Waals surface area contributed by atoms with Crippen molar-refractivity contribution in [3.8, 4) is 5.75 Å². The molecule has 2 aromatic rings. The van der Waals surface area contributed by atoms with Crippen molar-refractivity contribution >= 4 is 23.5 Å². The Bertz CT molecular complexity index is 818. The third kappa shape index (κ3) is 6.42. The van der Waals surface area contributed by atoms with E-state index in [1.165, 1.54) is 7.05 Å². The molecule has 0 spiro atoms. The molecule has 0 aliphatic rings. The fraction of sp³-hybridized carbons (Fsp3) is 0.286. The quantitative estimate of drug-likeness (QED) is 0.512. The zero-order chi connectivity index (χ0) is 20.4. The van der Waals surface area contributed by atoms with Crippen LogP contribution in [-0.4, -0.2) is 38.0 Å². The molecule has 0 saturated carbocycles. The molecule has 0 bridgehead atoms. The third-order valence-corrected chi connectivity index (χ3v) is 3.83. The normalized spacial score (nSPS) is 10.1. The van der Waals surface area contributed by atoms with E-state index in [9.17, 15) is 14.4 Å². The molecule has 2 rings (SSSR count). The van der Waals surface area contributed by atoms with Crippen LogP contribution in [-0.2, 0) is 9.53 Å². The maximum atomic E-state index is 12.0. The first-order valence-electron chi connectivity index (χ1n) is 9.05. The second kappa shape index (κ2) is 10.7. The van der Waals surface area contributed by atoms with Crippen LogP contribution in [0.3, 0.4) is 0 Å². The molecule has 7 heteroatoms. The van der Waals surface area contributed by atoms with E-state index in [1.54, 1.807) is 48.5 Å². The van der Waals surface area contributed by atoms with Crippen LogP contribution in [0.2, 0.25) is 0 Å². The maximum Gasteiger partial charge on any atom is 0.338 e. The zero-order valence-corrected chi connectivity index (χ0v) is 16.0. The van der Waals surface area contributed by atoms with Gasteiger partial charge in [-0.15, -0.1) is 0 Å². The second-order valence-electron chi connectivity index (χ2n) is 6.01. The fourth-order valence-electron chi connectivity index (χ4n) is 2.31. The standard InChI is InChI=1S/C21H24N2O5/c1-3-4-12-27-21(26)15-8-10-18(11-9-15)28-14-19(24)23-17-7-5-6-16(13-17)20(25)22-2/h5-11,13H,3-4,12,14H2,1-2H3,(H,22,25)(H,23,24). The molecule has 0 aliphatic carbocycles. The van der Waals surface area contributed by atoms with Crippen LogP contribution in [0, 0.1) is 0 Å². The summed E-state index contributed by atoms with van der Waals surface area (Å²) in [7, 11) is 1.54. The summed E-state index contributed by atoms with van der Waals surface area (Å²) in [5.74, 6) is -0.522. The SMILES string of the molecule is CCCCOC(=O)c1ccc(OCC(=O)Nc2cccc(C(=O)NC)c2)cc1. The van der Waals surface area contributed by atoms with E-state index in [4.69, 9.17) is 9.47 Å². The van der Waals surface area contributed by atoms with Gasteiger partial charge < -0.3 is 20.1 Å². The average Bonchev–Trinajstić information content (AvgIpc) is 2.72. The summed E-state index contributed by atoms with van der Waals surface area (Å²) in [5.41, 5.74) is 1.38. The Labute approximate surface area is 164 Å². The van der Waals surface area contributed by atoms with Crippen LogP contribution in [0.25, 0.3) is 0 Å². The van der Waals surface area contributed by atoms with Crippen LogP contribution in [0.5, 0.6) is 5.75 Å². The van der Waals surface area contributed by atoms with E-state index in [-0.39, 0.29) is 24.4 Å². The number of anilines is 1. The number of amides is 2. The maximum absolute atomic E-state index is 12.0. The van der Waals surface area contributed by atoms with E-state index in [2.05, 4.69) is 10.6 Å². The van der Waals surface area contributed by atoms with Gasteiger partial charge in [-0.25, -0.2) is 4.79 Å². The average molecular weight is 384 g/mol. The van der Waals surface area contributed by atoms with Gasteiger partial charge >= 0.3 is 5.97 Å². The summed E-state index contributed by atoms with van der Waals surface area (Å²) in [6.07, 6.45) is 1.78. The van der Waals surface area contributed by atoms with Crippen LogP contribution >= 0.6 is 0 Å². The molecule has 0 aromatic heterocycles. The number of ether oxygens (including phenoxy) is 2. The molecule has 28 heavy (non-hydrogen) atoms. The predicted octanol–water partition coefficient (Wildman–Crippen LogP) is 3.02. The highest BCUT2D eigenvalue weighted by Gasteiger charge is 2.09. The first kappa shape index (κ1) is 21.0. The second-order valence-corrected chi connectivity index (χ2v) is 6.01. The molecule has 0 unspecified atom stereocenters. The molecule has 0 atom stereocenters. The minimum atomic E-state index is -0.381. The summed E-state index contributed by atoms with van der Waals surface area (Å²) >= 11 is 0. The number of nitrogens with one attached hydrogen (secondary N) is 2. The molecule has 0 fully saturated rings. The van der Waals surface area contributed by atoms with E-state index in [0.717, 1.165) is 12.8 Å². The molecule has 0 radical (unpaired) electrons. The molecule has 2 N–H and O–H groups in total. The zero-order valence-electron chi connectivity index (χ0n) is 16.0. The Morgan fingerprint density at radius 3 is 2.43 bits per heavy atom. The van der Waals surface area contributed by atoms with Gasteiger partial charge in [0.15, 0.2) is 6.61 Å². The van der Waals surface area contributed by atoms with Crippen molar-refractivity contribution < 1.29 is 23.9 Å². The van der Waals surface area contributed by atoms with Gasteiger partial charge in [-0.2, -0.15) is 0 Å². The van der Waals surface area contributed by atoms with Gasteiger partial charge in [-0.1, -0.05) is 19.4 Å². The highest BCUT2D eigenvalue weighted by molar-refractivity contribution is 5.97. The van der Waals surface area contributed by atoms with E-state index in [1.807, 2.05) is 6.92 Å². The number of hydrogen-bond acceptors (Lipinski definition) is 5. The first-order chi connectivity index (χ1) is 13.5. The number of carbonyl (C=O) groups is 3. The van der Waals surface area contributed by atoms with Crippen LogP contribution < -0.4 is 15.4 Å². The highest BCUT2D eigenvalue weighted by Crippen LogP contribution is 2.14. The number of rotatable bonds is 9. The Morgan fingerprint density at radius 1 is 1.00 bits per heavy atom. The van der Waals surface area contributed by atoms with Gasteiger partial charge in [0.2, 0.25) is 0 Å². The number of esters is 1. The monoisotopic (exact) mass is 384 g/mol. The van der Waals surface area contributed by atoms with Crippen molar-refractivity contribution in [2.24, 2.45) is 0 Å². The predicted molar refractivity (Wildman–Crippen MR) is 106 cm³/mol. The van der Waals surface area contributed by atoms with Crippen LogP contribution in [0.15, 0.2) is 48.5 Å². The molecule has 0 saturated heterocycles. The highest BCUT2D eigenvalue weighted by atomic mass is 16.5. The Morgan fingerprint density at radius 2 is 1.75 bits per heavy atom. The lowest BCUT2D eigenvalue weighted by Gasteiger charge is -2.09. The van der Waals surface area contributed by atoms with E-state index < -0.39 is 0 Å². The van der Waals surface area contributed by atoms with Crippen LogP contribution in [0.4, 0.5) is 5.69 Å². The lowest BCUT2D eigenvalue weighted by atomic mass is 10.2. The summed E-state index contributed by atoms with van der Waals surface area (Å²) < 4.78 is 10.6. The summed E-state index contributed by atoms with van der Waals surface area (Å²) in [6, 6.07) is 13.0. The number of unbranched alkanes of at least 4 members (excludes halogenated alkanes) is 1. The number of benzene rings is 2. The van der Waals surface area contributed by atoms with E-state index in [0.29, 0.717) is 29.2 Å². The van der Waals surface area contributed by atoms with Crippen LogP contribution in [0.1, 0.15) is 40.5 Å². The molecule has 0 heterocycles. The van der Waals surface area contributed by atoms with Crippen molar-refractivity contribution in [2.75, 3.05) is 25.6 Å². The van der Waals surface area contributed by atoms with Gasteiger partial charge in [0.1, 0.15) is 5.75 Å². The topological polar surface area (TPSA) is 93.7 Å². The molecule has 2 amide bonds. The largest absolute Gasteiger partial charge is 0.484 e. The first-order valence-corrected chi connectivity index (χ1v) is 9.05. The molecular formula is C21H24N2O5. The van der Waals surface area contributed by atoms with Crippen molar-refractivity contribution in [2.45, 2.75) is 19.8 Å². The Balaban J connectivity index is 1.84. The Hall–Kier alpha value is -3.35. The van der Waals surface area contributed by atoms with Crippen molar-refractivity contribution in [3.05, 3.63) is 59.7 Å². The molecular weight excluding hydrogens is 360 g/mol. The van der Waals surface area contributed by atoms with Crippen molar-refractivity contribution in [1.29, 1.82) is 0 Å². The van der Waals surface area contributed by atoms with E-state index >= 15 is 0 Å². The third-order valence-electron chi connectivity index (χ3n) is 3.83. The van der Waals surface area contributed by atoms with Gasteiger partial charge in [-0.3, -0.25) is 9.59 Å². The molecule has 148 valence electrons. The number of carbonyl (C=O) groups excluding carboxylic acids is 3. The minimum absolute atomic E-state index is 0.204. The lowest BCUT2D eigenvalue weighted by Crippen LogP contribution is -2.21. The summed E-state index contributed by atoms with van der Waals surface area (Å²) in [6.45, 7) is 2.22. The summed E-state index contributed by atoms with van der Waals surface area (Å²) in [4.78, 5) is 35.5. The minimum Gasteiger partial charge on any atom is -0.484 e. The van der Waals surface area contributed by atoms with Crippen molar-refractivity contribution in [3.63, 3.8) is 0 Å². The molecule has 7 nitrogen and oxygen atoms in total. The van der Waals surface area contributed by atoms with Gasteiger partial charge in [-0.05, 0) is 48.9 Å². The molecule has 2 aromatic carbocycles. The van der Waals surface area contributed by atoms with Gasteiger partial charge in [0.25, 0.3) is 11.8 Å². The fourth-order valence-corrected chi connectivity index (χ4v) is 2.31. The summed E-state index contributed by atoms with van der Waals surface area (Å²) in [5, 5.41) is 5.20. The smallest absolute Gasteiger partial charge is 0.338 e. The van der Waals surface area contributed by atoms with Crippen molar-refractivity contribution in [1.82, 2.24) is 5.32 Å². The number of hydrogen-bond donors (Lipinski definition) is 2. The van der Waals surface area contributed by atoms with Gasteiger partial charge in [0.05, 0.1) is 12.2 Å². The van der Waals surface area contributed by atoms with Gasteiger partial charge in [0, 0.05) is 18.3 Å².